The van der Waals surface area contributed by atoms with Gasteiger partial charge in [0.1, 0.15) is 0 Å². The number of hydrogen-bond acceptors (Lipinski definition) is 3. The first-order valence-electron chi connectivity index (χ1n) is 4.77. The highest BCUT2D eigenvalue weighted by Crippen LogP contribution is 2.38. The van der Waals surface area contributed by atoms with Crippen molar-refractivity contribution in [1.29, 1.82) is 0 Å². The van der Waals surface area contributed by atoms with Crippen molar-refractivity contribution in [3.8, 4) is 0 Å². The average molecular weight is 195 g/mol. The summed E-state index contributed by atoms with van der Waals surface area (Å²) in [5, 5.41) is 16.8. The number of aryl methyl sites for hydroxylation is 1. The minimum atomic E-state index is -0.710. The van der Waals surface area contributed by atoms with Crippen LogP contribution in [0.2, 0.25) is 0 Å². The summed E-state index contributed by atoms with van der Waals surface area (Å²) < 4.78 is 1.62. The summed E-state index contributed by atoms with van der Waals surface area (Å²) in [5.41, 5.74) is 0.817. The van der Waals surface area contributed by atoms with Crippen molar-refractivity contribution in [3.05, 3.63) is 11.9 Å². The van der Waals surface area contributed by atoms with E-state index in [4.69, 9.17) is 5.11 Å². The fourth-order valence-corrected chi connectivity index (χ4v) is 2.14. The van der Waals surface area contributed by atoms with Gasteiger partial charge in [-0.2, -0.15) is 0 Å². The average Bonchev–Trinajstić information content (AvgIpc) is 2.70. The van der Waals surface area contributed by atoms with Crippen LogP contribution in [0.25, 0.3) is 0 Å². The molecule has 1 fully saturated rings. The second-order valence-corrected chi connectivity index (χ2v) is 3.80. The van der Waals surface area contributed by atoms with Gasteiger partial charge in [-0.15, -0.1) is 5.10 Å². The molecule has 5 heteroatoms. The van der Waals surface area contributed by atoms with Gasteiger partial charge in [0.15, 0.2) is 0 Å². The highest BCUT2D eigenvalue weighted by atomic mass is 16.4. The summed E-state index contributed by atoms with van der Waals surface area (Å²) in [7, 11) is 1.79. The maximum Gasteiger partial charge on any atom is 0.307 e. The molecule has 76 valence electrons. The van der Waals surface area contributed by atoms with E-state index in [0.29, 0.717) is 0 Å². The van der Waals surface area contributed by atoms with E-state index < -0.39 is 5.97 Å². The fourth-order valence-electron chi connectivity index (χ4n) is 2.14. The van der Waals surface area contributed by atoms with E-state index in [9.17, 15) is 4.79 Å². The molecular weight excluding hydrogens is 182 g/mol. The molecule has 0 saturated heterocycles. The summed E-state index contributed by atoms with van der Waals surface area (Å²) in [6, 6.07) is 0. The Morgan fingerprint density at radius 3 is 3.00 bits per heavy atom. The van der Waals surface area contributed by atoms with Gasteiger partial charge in [0.05, 0.1) is 11.6 Å². The smallest absolute Gasteiger partial charge is 0.307 e. The number of carboxylic acids is 1. The fraction of sp³-hybridized carbons (Fsp3) is 0.667. The summed E-state index contributed by atoms with van der Waals surface area (Å²) in [4.78, 5) is 10.9. The van der Waals surface area contributed by atoms with Gasteiger partial charge in [-0.25, -0.2) is 0 Å². The number of nitrogens with zero attached hydrogens (tertiary/aromatic N) is 3. The number of carboxylic acid groups (broad SMARTS) is 1. The normalized spacial score (nSPS) is 26.6. The van der Waals surface area contributed by atoms with Crippen LogP contribution in [-0.2, 0) is 11.8 Å². The molecule has 0 aliphatic heterocycles. The van der Waals surface area contributed by atoms with Crippen molar-refractivity contribution in [2.75, 3.05) is 0 Å². The maximum atomic E-state index is 10.9. The van der Waals surface area contributed by atoms with Crippen LogP contribution >= 0.6 is 0 Å². The van der Waals surface area contributed by atoms with Crippen LogP contribution < -0.4 is 0 Å². The lowest BCUT2D eigenvalue weighted by Gasteiger charge is -2.11. The van der Waals surface area contributed by atoms with E-state index in [1.807, 2.05) is 6.20 Å². The number of aliphatic carboxylic acids is 1. The predicted octanol–water partition coefficient (Wildman–Crippen LogP) is 0.783. The minimum Gasteiger partial charge on any atom is -0.481 e. The molecule has 1 N–H and O–H groups in total. The molecule has 1 aliphatic rings. The lowest BCUT2D eigenvalue weighted by Crippen LogP contribution is -2.17. The van der Waals surface area contributed by atoms with E-state index in [-0.39, 0.29) is 11.8 Å². The Morgan fingerprint density at radius 2 is 2.43 bits per heavy atom. The van der Waals surface area contributed by atoms with Crippen molar-refractivity contribution < 1.29 is 9.90 Å². The molecule has 0 spiro atoms. The van der Waals surface area contributed by atoms with E-state index in [0.717, 1.165) is 25.0 Å². The van der Waals surface area contributed by atoms with Crippen LogP contribution in [0, 0.1) is 5.92 Å². The Balaban J connectivity index is 2.21. The van der Waals surface area contributed by atoms with Crippen molar-refractivity contribution in [3.63, 3.8) is 0 Å². The van der Waals surface area contributed by atoms with Crippen LogP contribution in [0.5, 0.6) is 0 Å². The largest absolute Gasteiger partial charge is 0.481 e. The van der Waals surface area contributed by atoms with Gasteiger partial charge < -0.3 is 5.11 Å². The van der Waals surface area contributed by atoms with Crippen molar-refractivity contribution in [2.45, 2.75) is 25.2 Å². The Hall–Kier alpha value is -1.39. The molecule has 2 rings (SSSR count). The van der Waals surface area contributed by atoms with Crippen LogP contribution in [0.15, 0.2) is 6.20 Å². The highest BCUT2D eigenvalue weighted by molar-refractivity contribution is 5.71. The minimum absolute atomic E-state index is 0.0567. The third-order valence-electron chi connectivity index (χ3n) is 2.83. The molecule has 0 aromatic carbocycles. The van der Waals surface area contributed by atoms with Crippen molar-refractivity contribution >= 4 is 5.97 Å². The third kappa shape index (κ3) is 1.49. The quantitative estimate of drug-likeness (QED) is 0.757. The first kappa shape index (κ1) is 9.18. The zero-order valence-electron chi connectivity index (χ0n) is 8.05. The van der Waals surface area contributed by atoms with Crippen LogP contribution in [0.3, 0.4) is 0 Å². The monoisotopic (exact) mass is 195 g/mol. The van der Waals surface area contributed by atoms with Crippen molar-refractivity contribution in [2.24, 2.45) is 13.0 Å². The summed E-state index contributed by atoms with van der Waals surface area (Å²) in [6.07, 6.45) is 4.45. The number of carbonyl (C=O) groups is 1. The molecule has 14 heavy (non-hydrogen) atoms. The van der Waals surface area contributed by atoms with Crippen LogP contribution in [0.1, 0.15) is 30.9 Å². The Bertz CT molecular complexity index is 348. The van der Waals surface area contributed by atoms with Gasteiger partial charge in [-0.3, -0.25) is 9.48 Å². The Labute approximate surface area is 81.7 Å². The van der Waals surface area contributed by atoms with E-state index in [1.165, 1.54) is 0 Å². The van der Waals surface area contributed by atoms with Gasteiger partial charge in [-0.1, -0.05) is 11.6 Å². The van der Waals surface area contributed by atoms with Gasteiger partial charge in [0.25, 0.3) is 0 Å². The second kappa shape index (κ2) is 3.40. The number of rotatable bonds is 2. The molecule has 0 bridgehead atoms. The first-order chi connectivity index (χ1) is 6.68. The first-order valence-corrected chi connectivity index (χ1v) is 4.77. The second-order valence-electron chi connectivity index (χ2n) is 3.80. The molecule has 5 nitrogen and oxygen atoms in total. The van der Waals surface area contributed by atoms with Crippen molar-refractivity contribution in [1.82, 2.24) is 15.0 Å². The van der Waals surface area contributed by atoms with Crippen LogP contribution in [0.4, 0.5) is 0 Å². The summed E-state index contributed by atoms with van der Waals surface area (Å²) >= 11 is 0. The van der Waals surface area contributed by atoms with Gasteiger partial charge >= 0.3 is 5.97 Å². The molecule has 2 unspecified atom stereocenters. The molecule has 0 amide bonds. The highest BCUT2D eigenvalue weighted by Gasteiger charge is 2.35. The third-order valence-corrected chi connectivity index (χ3v) is 2.83. The topological polar surface area (TPSA) is 68.0 Å². The van der Waals surface area contributed by atoms with E-state index in [2.05, 4.69) is 10.3 Å². The lowest BCUT2D eigenvalue weighted by molar-refractivity contribution is -0.142. The standard InChI is InChI=1S/C9H13N3O2/c1-12-5-8(10-11-12)6-3-2-4-7(6)9(13)14/h5-7H,2-4H2,1H3,(H,13,14). The molecule has 1 aromatic rings. The van der Waals surface area contributed by atoms with Gasteiger partial charge in [0.2, 0.25) is 0 Å². The van der Waals surface area contributed by atoms with Gasteiger partial charge in [0, 0.05) is 19.2 Å². The lowest BCUT2D eigenvalue weighted by atomic mass is 9.94. The van der Waals surface area contributed by atoms with E-state index >= 15 is 0 Å². The van der Waals surface area contributed by atoms with Crippen LogP contribution in [-0.4, -0.2) is 26.1 Å². The zero-order chi connectivity index (χ0) is 10.1. The number of hydrogen-bond donors (Lipinski definition) is 1. The zero-order valence-corrected chi connectivity index (χ0v) is 8.05. The molecule has 1 aromatic heterocycles. The Morgan fingerprint density at radius 1 is 1.64 bits per heavy atom. The van der Waals surface area contributed by atoms with E-state index in [1.54, 1.807) is 11.7 Å². The number of aromatic nitrogens is 3. The van der Waals surface area contributed by atoms with Gasteiger partial charge in [-0.05, 0) is 12.8 Å². The molecule has 1 aliphatic carbocycles. The molecule has 1 heterocycles. The molecule has 2 atom stereocenters. The summed E-state index contributed by atoms with van der Waals surface area (Å²) in [5.74, 6) is -0.925. The maximum absolute atomic E-state index is 10.9. The molecule has 0 radical (unpaired) electrons. The molecule has 1 saturated carbocycles. The SMILES string of the molecule is Cn1cc(C2CCCC2C(=O)O)nn1. The predicted molar refractivity (Wildman–Crippen MR) is 48.7 cm³/mol. The summed E-state index contributed by atoms with van der Waals surface area (Å²) in [6.45, 7) is 0. The molecular formula is C9H13N3O2. The Kier molecular flexibility index (Phi) is 2.23.